The summed E-state index contributed by atoms with van der Waals surface area (Å²) in [4.78, 5) is 10.9. The van der Waals surface area contributed by atoms with Gasteiger partial charge in [-0.1, -0.05) is 82.6 Å². The molecule has 0 heterocycles. The van der Waals surface area contributed by atoms with Crippen LogP contribution in [0.15, 0.2) is 24.3 Å². The first-order valence-corrected chi connectivity index (χ1v) is 9.79. The highest BCUT2D eigenvalue weighted by molar-refractivity contribution is 5.68. The zero-order chi connectivity index (χ0) is 17.9. The van der Waals surface area contributed by atoms with Crippen molar-refractivity contribution < 1.29 is 14.6 Å². The number of hydrogen-bond donors (Lipinski definition) is 1. The monoisotopic (exact) mass is 338 g/mol. The Kier molecular flexibility index (Phi) is 17.4. The van der Waals surface area contributed by atoms with Gasteiger partial charge in [0, 0.05) is 6.42 Å². The van der Waals surface area contributed by atoms with Gasteiger partial charge in [-0.15, -0.1) is 0 Å². The zero-order valence-corrected chi connectivity index (χ0v) is 15.8. The van der Waals surface area contributed by atoms with Crippen molar-refractivity contribution in [1.29, 1.82) is 0 Å². The topological polar surface area (TPSA) is 46.5 Å². The van der Waals surface area contributed by atoms with Gasteiger partial charge in [0.2, 0.25) is 0 Å². The van der Waals surface area contributed by atoms with E-state index in [4.69, 9.17) is 0 Å². The molecule has 0 aliphatic carbocycles. The van der Waals surface area contributed by atoms with Crippen LogP contribution in [-0.2, 0) is 9.53 Å². The predicted molar refractivity (Wildman–Crippen MR) is 102 cm³/mol. The van der Waals surface area contributed by atoms with Crippen molar-refractivity contribution in [3.05, 3.63) is 24.3 Å². The molecule has 0 rings (SSSR count). The lowest BCUT2D eigenvalue weighted by Crippen LogP contribution is -2.00. The fraction of sp³-hybridized carbons (Fsp3) is 0.762. The summed E-state index contributed by atoms with van der Waals surface area (Å²) in [6.07, 6.45) is 22.2. The number of carbonyl (C=O) groups excluding carboxylic acids is 1. The number of carbonyl (C=O) groups is 1. The molecule has 0 aliphatic heterocycles. The molecule has 0 unspecified atom stereocenters. The fourth-order valence-corrected chi connectivity index (χ4v) is 2.58. The van der Waals surface area contributed by atoms with Crippen LogP contribution in [0.2, 0.25) is 0 Å². The van der Waals surface area contributed by atoms with Crippen molar-refractivity contribution in [3.8, 4) is 0 Å². The molecule has 3 nitrogen and oxygen atoms in total. The molecule has 0 aromatic heterocycles. The normalized spacial score (nSPS) is 13.0. The van der Waals surface area contributed by atoms with E-state index in [1.54, 1.807) is 0 Å². The molecule has 24 heavy (non-hydrogen) atoms. The van der Waals surface area contributed by atoms with Gasteiger partial charge in [0.15, 0.2) is 0 Å². The van der Waals surface area contributed by atoms with E-state index in [1.165, 1.54) is 52.1 Å². The predicted octanol–water partition coefficient (Wildman–Crippen LogP) is 5.72. The number of methoxy groups -OCH3 is 1. The van der Waals surface area contributed by atoms with E-state index in [0.717, 1.165) is 32.1 Å². The lowest BCUT2D eigenvalue weighted by atomic mass is 10.1. The highest BCUT2D eigenvalue weighted by Gasteiger charge is 1.99. The SMILES string of the molecule is CCCCC[C@H](O)/C=C/C=C\CCCCCCCCCC(=O)OC. The maximum atomic E-state index is 10.9. The van der Waals surface area contributed by atoms with Gasteiger partial charge in [0.05, 0.1) is 13.2 Å². The fourth-order valence-electron chi connectivity index (χ4n) is 2.58. The van der Waals surface area contributed by atoms with Gasteiger partial charge < -0.3 is 9.84 Å². The second kappa shape index (κ2) is 18.3. The number of allylic oxidation sites excluding steroid dienone is 3. The third kappa shape index (κ3) is 17.3. The first kappa shape index (κ1) is 22.9. The van der Waals surface area contributed by atoms with Gasteiger partial charge in [-0.25, -0.2) is 0 Å². The number of unbranched alkanes of at least 4 members (excludes halogenated alkanes) is 9. The molecule has 3 heteroatoms. The number of hydrogen-bond acceptors (Lipinski definition) is 3. The molecule has 0 saturated heterocycles. The molecule has 0 aromatic rings. The average Bonchev–Trinajstić information content (AvgIpc) is 2.58. The van der Waals surface area contributed by atoms with E-state index in [-0.39, 0.29) is 12.1 Å². The molecule has 0 aliphatic rings. The van der Waals surface area contributed by atoms with Gasteiger partial charge in [-0.3, -0.25) is 4.79 Å². The van der Waals surface area contributed by atoms with Crippen LogP contribution in [0.4, 0.5) is 0 Å². The number of aliphatic hydroxyl groups is 1. The first-order chi connectivity index (χ1) is 11.7. The van der Waals surface area contributed by atoms with Crippen molar-refractivity contribution in [2.75, 3.05) is 7.11 Å². The molecule has 0 spiro atoms. The molecule has 1 N–H and O–H groups in total. The zero-order valence-electron chi connectivity index (χ0n) is 15.8. The molecular weight excluding hydrogens is 300 g/mol. The van der Waals surface area contributed by atoms with Crippen LogP contribution in [0.25, 0.3) is 0 Å². The van der Waals surface area contributed by atoms with E-state index in [1.807, 2.05) is 12.2 Å². The third-order valence-electron chi connectivity index (χ3n) is 4.16. The highest BCUT2D eigenvalue weighted by atomic mass is 16.5. The van der Waals surface area contributed by atoms with Crippen molar-refractivity contribution in [2.45, 2.75) is 96.5 Å². The van der Waals surface area contributed by atoms with Gasteiger partial charge in [-0.2, -0.15) is 0 Å². The summed E-state index contributed by atoms with van der Waals surface area (Å²) in [5.41, 5.74) is 0. The second-order valence-electron chi connectivity index (χ2n) is 6.47. The van der Waals surface area contributed by atoms with Crippen molar-refractivity contribution in [3.63, 3.8) is 0 Å². The minimum Gasteiger partial charge on any atom is -0.469 e. The Balaban J connectivity index is 3.33. The van der Waals surface area contributed by atoms with Crippen LogP contribution in [0.3, 0.4) is 0 Å². The second-order valence-corrected chi connectivity index (χ2v) is 6.47. The Morgan fingerprint density at radius 2 is 1.62 bits per heavy atom. The Bertz CT molecular complexity index is 334. The minimum absolute atomic E-state index is 0.0932. The number of esters is 1. The standard InChI is InChI=1S/C21H38O3/c1-3-4-14-17-20(22)18-15-12-10-8-6-5-7-9-11-13-16-19-21(23)24-2/h10,12,15,18,20,22H,3-9,11,13-14,16-17,19H2,1-2H3/b12-10-,18-15+/t20-/m0/s1. The average molecular weight is 339 g/mol. The van der Waals surface area contributed by atoms with E-state index < -0.39 is 0 Å². The lowest BCUT2D eigenvalue weighted by Gasteiger charge is -2.03. The molecule has 0 aromatic carbocycles. The number of ether oxygens (including phenoxy) is 1. The van der Waals surface area contributed by atoms with E-state index in [9.17, 15) is 9.90 Å². The maximum Gasteiger partial charge on any atom is 0.305 e. The van der Waals surface area contributed by atoms with Crippen LogP contribution in [-0.4, -0.2) is 24.3 Å². The Hall–Kier alpha value is -1.09. The summed E-state index contributed by atoms with van der Waals surface area (Å²) in [6, 6.07) is 0. The molecule has 0 bridgehead atoms. The first-order valence-electron chi connectivity index (χ1n) is 9.79. The quantitative estimate of drug-likeness (QED) is 0.222. The molecule has 1 atom stereocenters. The summed E-state index contributed by atoms with van der Waals surface area (Å²) in [7, 11) is 1.45. The van der Waals surface area contributed by atoms with E-state index >= 15 is 0 Å². The molecule has 0 radical (unpaired) electrons. The molecular formula is C21H38O3. The van der Waals surface area contributed by atoms with Crippen molar-refractivity contribution in [1.82, 2.24) is 0 Å². The summed E-state index contributed by atoms with van der Waals surface area (Å²) in [5.74, 6) is -0.0932. The smallest absolute Gasteiger partial charge is 0.305 e. The molecule has 0 fully saturated rings. The Morgan fingerprint density at radius 3 is 2.29 bits per heavy atom. The molecule has 0 saturated carbocycles. The summed E-state index contributed by atoms with van der Waals surface area (Å²) in [5, 5.41) is 9.74. The van der Waals surface area contributed by atoms with E-state index in [2.05, 4.69) is 23.8 Å². The molecule has 0 amide bonds. The van der Waals surface area contributed by atoms with Crippen LogP contribution >= 0.6 is 0 Å². The summed E-state index contributed by atoms with van der Waals surface area (Å²) >= 11 is 0. The molecule has 140 valence electrons. The largest absolute Gasteiger partial charge is 0.469 e. The van der Waals surface area contributed by atoms with Gasteiger partial charge >= 0.3 is 5.97 Å². The summed E-state index contributed by atoms with van der Waals surface area (Å²) in [6.45, 7) is 2.18. The van der Waals surface area contributed by atoms with Crippen LogP contribution < -0.4 is 0 Å². The van der Waals surface area contributed by atoms with Crippen LogP contribution in [0.1, 0.15) is 90.4 Å². The lowest BCUT2D eigenvalue weighted by molar-refractivity contribution is -0.140. The van der Waals surface area contributed by atoms with Crippen molar-refractivity contribution in [2.24, 2.45) is 0 Å². The highest BCUT2D eigenvalue weighted by Crippen LogP contribution is 2.10. The third-order valence-corrected chi connectivity index (χ3v) is 4.16. The minimum atomic E-state index is -0.291. The van der Waals surface area contributed by atoms with Gasteiger partial charge in [0.1, 0.15) is 0 Å². The van der Waals surface area contributed by atoms with Gasteiger partial charge in [0.25, 0.3) is 0 Å². The van der Waals surface area contributed by atoms with Crippen LogP contribution in [0, 0.1) is 0 Å². The summed E-state index contributed by atoms with van der Waals surface area (Å²) < 4.78 is 4.62. The van der Waals surface area contributed by atoms with Gasteiger partial charge in [-0.05, 0) is 25.7 Å². The number of rotatable bonds is 16. The van der Waals surface area contributed by atoms with Crippen LogP contribution in [0.5, 0.6) is 0 Å². The van der Waals surface area contributed by atoms with E-state index in [0.29, 0.717) is 6.42 Å². The Labute approximate surface area is 149 Å². The maximum absolute atomic E-state index is 10.9. The number of aliphatic hydroxyl groups excluding tert-OH is 1. The Morgan fingerprint density at radius 1 is 0.958 bits per heavy atom. The van der Waals surface area contributed by atoms with Crippen molar-refractivity contribution >= 4 is 5.97 Å².